The van der Waals surface area contributed by atoms with E-state index in [-0.39, 0.29) is 11.7 Å². The van der Waals surface area contributed by atoms with Crippen molar-refractivity contribution in [1.29, 1.82) is 0 Å². The van der Waals surface area contributed by atoms with Crippen LogP contribution in [0.15, 0.2) is 0 Å². The highest BCUT2D eigenvalue weighted by Crippen LogP contribution is 2.28. The van der Waals surface area contributed by atoms with E-state index in [1.165, 1.54) is 19.4 Å². The monoisotopic (exact) mass is 301 g/mol. The Labute approximate surface area is 130 Å². The molecular formula is C17H23N3O2. The lowest BCUT2D eigenvalue weighted by Crippen LogP contribution is -2.52. The van der Waals surface area contributed by atoms with Crippen LogP contribution in [0, 0.1) is 6.92 Å². The van der Waals surface area contributed by atoms with Crippen molar-refractivity contribution in [3.8, 4) is 0 Å². The number of Topliss-reactive ketones (excluding diaryl/α,β-unsaturated/α-hetero) is 1. The summed E-state index contributed by atoms with van der Waals surface area (Å²) < 4.78 is 0. The molecule has 1 aliphatic carbocycles. The Morgan fingerprint density at radius 3 is 2.86 bits per heavy atom. The number of rotatable bonds is 1. The summed E-state index contributed by atoms with van der Waals surface area (Å²) in [6.07, 6.45) is 4.82. The SMILES string of the molecule is Cc1c(C(=O)N2CCN3CCCC3C2)[nH]c2c1C(=O)CCC2. The molecule has 0 radical (unpaired) electrons. The average molecular weight is 301 g/mol. The first-order valence-corrected chi connectivity index (χ1v) is 8.43. The van der Waals surface area contributed by atoms with Gasteiger partial charge in [-0.15, -0.1) is 0 Å². The molecule has 5 heteroatoms. The fourth-order valence-electron chi connectivity index (χ4n) is 4.32. The summed E-state index contributed by atoms with van der Waals surface area (Å²) in [5.74, 6) is 0.265. The van der Waals surface area contributed by atoms with Gasteiger partial charge >= 0.3 is 0 Å². The van der Waals surface area contributed by atoms with Gasteiger partial charge in [-0.1, -0.05) is 0 Å². The van der Waals surface area contributed by atoms with Crippen molar-refractivity contribution in [2.45, 2.75) is 45.1 Å². The molecule has 3 aliphatic rings. The standard InChI is InChI=1S/C17H23N3O2/c1-11-15-13(5-2-6-14(15)21)18-16(11)17(22)20-9-8-19-7-3-4-12(19)10-20/h12,18H,2-10H2,1H3. The highest BCUT2D eigenvalue weighted by molar-refractivity contribution is 6.04. The molecule has 118 valence electrons. The van der Waals surface area contributed by atoms with Crippen LogP contribution >= 0.6 is 0 Å². The molecule has 4 rings (SSSR count). The second-order valence-corrected chi connectivity index (χ2v) is 6.84. The van der Waals surface area contributed by atoms with Crippen LogP contribution in [0.2, 0.25) is 0 Å². The molecule has 3 heterocycles. The number of carbonyl (C=O) groups is 2. The van der Waals surface area contributed by atoms with Crippen molar-refractivity contribution in [1.82, 2.24) is 14.8 Å². The molecule has 1 aromatic heterocycles. The first-order valence-electron chi connectivity index (χ1n) is 8.43. The zero-order valence-electron chi connectivity index (χ0n) is 13.2. The summed E-state index contributed by atoms with van der Waals surface area (Å²) in [6, 6.07) is 0.532. The van der Waals surface area contributed by atoms with Crippen molar-refractivity contribution < 1.29 is 9.59 Å². The molecule has 22 heavy (non-hydrogen) atoms. The van der Waals surface area contributed by atoms with E-state index in [9.17, 15) is 9.59 Å². The fraction of sp³-hybridized carbons (Fsp3) is 0.647. The summed E-state index contributed by atoms with van der Waals surface area (Å²) in [7, 11) is 0. The molecule has 1 aromatic rings. The van der Waals surface area contributed by atoms with Crippen LogP contribution in [0.1, 0.15) is 57.8 Å². The number of aryl methyl sites for hydroxylation is 1. The molecule has 0 saturated carbocycles. The van der Waals surface area contributed by atoms with E-state index in [1.54, 1.807) is 0 Å². The summed E-state index contributed by atoms with van der Waals surface area (Å²) in [5, 5.41) is 0. The van der Waals surface area contributed by atoms with E-state index in [4.69, 9.17) is 0 Å². The van der Waals surface area contributed by atoms with Gasteiger partial charge in [0.2, 0.25) is 0 Å². The lowest BCUT2D eigenvalue weighted by atomic mass is 9.93. The maximum Gasteiger partial charge on any atom is 0.270 e. The predicted molar refractivity (Wildman–Crippen MR) is 83.3 cm³/mol. The first kappa shape index (κ1) is 14.0. The van der Waals surface area contributed by atoms with Gasteiger partial charge in [0.1, 0.15) is 5.69 Å². The third-order valence-electron chi connectivity index (χ3n) is 5.53. The second kappa shape index (κ2) is 5.23. The van der Waals surface area contributed by atoms with Gasteiger partial charge < -0.3 is 9.88 Å². The van der Waals surface area contributed by atoms with Gasteiger partial charge in [0, 0.05) is 43.4 Å². The van der Waals surface area contributed by atoms with Crippen molar-refractivity contribution in [2.24, 2.45) is 0 Å². The number of piperazine rings is 1. The molecule has 0 bridgehead atoms. The number of aromatic amines is 1. The normalized spacial score (nSPS) is 25.2. The van der Waals surface area contributed by atoms with Gasteiger partial charge in [0.05, 0.1) is 0 Å². The maximum atomic E-state index is 12.9. The molecule has 0 spiro atoms. The van der Waals surface area contributed by atoms with E-state index in [0.717, 1.165) is 49.3 Å². The summed E-state index contributed by atoms with van der Waals surface area (Å²) >= 11 is 0. The van der Waals surface area contributed by atoms with Gasteiger partial charge in [0.15, 0.2) is 5.78 Å². The number of ketones is 1. The molecule has 2 aliphatic heterocycles. The van der Waals surface area contributed by atoms with E-state index in [1.807, 2.05) is 11.8 Å². The molecule has 1 unspecified atom stereocenters. The number of amides is 1. The molecular weight excluding hydrogens is 278 g/mol. The zero-order chi connectivity index (χ0) is 15.3. The number of hydrogen-bond acceptors (Lipinski definition) is 3. The smallest absolute Gasteiger partial charge is 0.270 e. The molecule has 1 amide bonds. The predicted octanol–water partition coefficient (Wildman–Crippen LogP) is 1.76. The number of carbonyl (C=O) groups excluding carboxylic acids is 2. The Morgan fingerprint density at radius 1 is 1.18 bits per heavy atom. The third kappa shape index (κ3) is 2.10. The summed E-state index contributed by atoms with van der Waals surface area (Å²) in [4.78, 5) is 32.8. The number of nitrogens with zero attached hydrogens (tertiary/aromatic N) is 2. The Balaban J connectivity index is 1.59. The van der Waals surface area contributed by atoms with Crippen molar-refractivity contribution in [3.05, 3.63) is 22.5 Å². The number of H-pyrrole nitrogens is 1. The van der Waals surface area contributed by atoms with E-state index >= 15 is 0 Å². The minimum absolute atomic E-state index is 0.0752. The van der Waals surface area contributed by atoms with Crippen LogP contribution in [0.3, 0.4) is 0 Å². The third-order valence-corrected chi connectivity index (χ3v) is 5.53. The number of hydrogen-bond donors (Lipinski definition) is 1. The molecule has 0 aromatic carbocycles. The minimum atomic E-state index is 0.0752. The Hall–Kier alpha value is -1.62. The van der Waals surface area contributed by atoms with Gasteiger partial charge in [-0.25, -0.2) is 0 Å². The zero-order valence-corrected chi connectivity index (χ0v) is 13.2. The Morgan fingerprint density at radius 2 is 2.05 bits per heavy atom. The number of nitrogens with one attached hydrogen (secondary N) is 1. The second-order valence-electron chi connectivity index (χ2n) is 6.84. The quantitative estimate of drug-likeness (QED) is 0.860. The molecule has 2 fully saturated rings. The van der Waals surface area contributed by atoms with Crippen molar-refractivity contribution >= 4 is 11.7 Å². The van der Waals surface area contributed by atoms with Gasteiger partial charge in [0.25, 0.3) is 5.91 Å². The maximum absolute atomic E-state index is 12.9. The molecule has 2 saturated heterocycles. The van der Waals surface area contributed by atoms with Gasteiger partial charge in [-0.2, -0.15) is 0 Å². The molecule has 1 N–H and O–H groups in total. The largest absolute Gasteiger partial charge is 0.354 e. The molecule has 5 nitrogen and oxygen atoms in total. The van der Waals surface area contributed by atoms with Crippen LogP contribution in [0.25, 0.3) is 0 Å². The number of fused-ring (bicyclic) bond motifs is 2. The molecule has 1 atom stereocenters. The first-order chi connectivity index (χ1) is 10.6. The van der Waals surface area contributed by atoms with E-state index in [0.29, 0.717) is 18.2 Å². The highest BCUT2D eigenvalue weighted by atomic mass is 16.2. The Kier molecular flexibility index (Phi) is 3.33. The van der Waals surface area contributed by atoms with Crippen LogP contribution in [0.4, 0.5) is 0 Å². The van der Waals surface area contributed by atoms with E-state index in [2.05, 4.69) is 9.88 Å². The van der Waals surface area contributed by atoms with Gasteiger partial charge in [-0.3, -0.25) is 14.5 Å². The van der Waals surface area contributed by atoms with Crippen LogP contribution in [-0.4, -0.2) is 58.7 Å². The van der Waals surface area contributed by atoms with Crippen LogP contribution in [0.5, 0.6) is 0 Å². The Bertz CT molecular complexity index is 634. The number of aromatic nitrogens is 1. The van der Waals surface area contributed by atoms with Crippen LogP contribution in [-0.2, 0) is 6.42 Å². The minimum Gasteiger partial charge on any atom is -0.354 e. The van der Waals surface area contributed by atoms with E-state index < -0.39 is 0 Å². The van der Waals surface area contributed by atoms with Crippen molar-refractivity contribution in [3.63, 3.8) is 0 Å². The highest BCUT2D eigenvalue weighted by Gasteiger charge is 2.34. The fourth-order valence-corrected chi connectivity index (χ4v) is 4.32. The van der Waals surface area contributed by atoms with Crippen molar-refractivity contribution in [2.75, 3.05) is 26.2 Å². The summed E-state index contributed by atoms with van der Waals surface area (Å²) in [5.41, 5.74) is 3.26. The summed E-state index contributed by atoms with van der Waals surface area (Å²) in [6.45, 7) is 5.70. The topological polar surface area (TPSA) is 56.4 Å². The lowest BCUT2D eigenvalue weighted by Gasteiger charge is -2.37. The van der Waals surface area contributed by atoms with Gasteiger partial charge in [-0.05, 0) is 44.7 Å². The van der Waals surface area contributed by atoms with Crippen LogP contribution < -0.4 is 0 Å². The lowest BCUT2D eigenvalue weighted by molar-refractivity contribution is 0.0565. The average Bonchev–Trinajstić information content (AvgIpc) is 3.11.